The van der Waals surface area contributed by atoms with Crippen LogP contribution in [0.2, 0.25) is 0 Å². The van der Waals surface area contributed by atoms with E-state index in [1.54, 1.807) is 20.8 Å². The van der Waals surface area contributed by atoms with E-state index in [4.69, 9.17) is 24.4 Å². The van der Waals surface area contributed by atoms with E-state index in [-0.39, 0.29) is 0 Å². The molecular formula is C4H13O5P. The quantitative estimate of drug-likeness (QED) is 0.381. The number of hydrogen-bond acceptors (Lipinski definition) is 2. The van der Waals surface area contributed by atoms with Gasteiger partial charge in [-0.05, 0) is 20.8 Å². The van der Waals surface area contributed by atoms with Gasteiger partial charge >= 0.3 is 7.82 Å². The van der Waals surface area contributed by atoms with Gasteiger partial charge in [-0.2, -0.15) is 0 Å². The van der Waals surface area contributed by atoms with E-state index < -0.39 is 13.4 Å². The third-order valence-electron chi connectivity index (χ3n) is 0. The van der Waals surface area contributed by atoms with Crippen LogP contribution < -0.4 is 0 Å². The topological polar surface area (TPSA) is 98.0 Å². The molecular weight excluding hydrogens is 159 g/mol. The fourth-order valence-corrected chi connectivity index (χ4v) is 0. The maximum atomic E-state index is 8.88. The Hall–Kier alpha value is 0.0700. The van der Waals surface area contributed by atoms with Crippen LogP contribution in [-0.2, 0) is 4.57 Å². The molecule has 0 unspecified atom stereocenters. The summed E-state index contributed by atoms with van der Waals surface area (Å²) in [5, 5.41) is 8.52. The van der Waals surface area contributed by atoms with E-state index >= 15 is 0 Å². The summed E-state index contributed by atoms with van der Waals surface area (Å²) in [6.45, 7) is 5.23. The Morgan fingerprint density at radius 1 is 1.10 bits per heavy atom. The highest BCUT2D eigenvalue weighted by Gasteiger charge is 2.00. The predicted octanol–water partition coefficient (Wildman–Crippen LogP) is -0.151. The van der Waals surface area contributed by atoms with Crippen molar-refractivity contribution in [2.75, 3.05) is 0 Å². The van der Waals surface area contributed by atoms with Crippen molar-refractivity contribution in [3.63, 3.8) is 0 Å². The van der Waals surface area contributed by atoms with E-state index in [1.807, 2.05) is 0 Å². The molecule has 0 rings (SSSR count). The van der Waals surface area contributed by atoms with Gasteiger partial charge in [-0.3, -0.25) is 0 Å². The minimum absolute atomic E-state index is 0.500. The van der Waals surface area contributed by atoms with Gasteiger partial charge in [-0.1, -0.05) is 0 Å². The highest BCUT2D eigenvalue weighted by atomic mass is 31.2. The van der Waals surface area contributed by atoms with E-state index in [2.05, 4.69) is 0 Å². The molecule has 64 valence electrons. The van der Waals surface area contributed by atoms with Crippen molar-refractivity contribution in [3.8, 4) is 0 Å². The molecule has 0 aliphatic heterocycles. The molecule has 0 aromatic carbocycles. The third-order valence-corrected chi connectivity index (χ3v) is 0. The van der Waals surface area contributed by atoms with Gasteiger partial charge in [0.2, 0.25) is 0 Å². The second kappa shape index (κ2) is 4.05. The van der Waals surface area contributed by atoms with E-state index in [0.29, 0.717) is 0 Å². The molecule has 0 amide bonds. The molecule has 0 aromatic rings. The van der Waals surface area contributed by atoms with Crippen molar-refractivity contribution >= 4 is 7.82 Å². The minimum atomic E-state index is -4.64. The van der Waals surface area contributed by atoms with Gasteiger partial charge < -0.3 is 19.8 Å². The van der Waals surface area contributed by atoms with Gasteiger partial charge in [0.1, 0.15) is 0 Å². The Morgan fingerprint density at radius 3 is 1.10 bits per heavy atom. The Bertz CT molecular complexity index is 106. The van der Waals surface area contributed by atoms with Gasteiger partial charge in [-0.25, -0.2) is 4.57 Å². The lowest BCUT2D eigenvalue weighted by Gasteiger charge is -2.04. The fraction of sp³-hybridized carbons (Fsp3) is 1.00. The number of hydrogen-bond donors (Lipinski definition) is 4. The maximum absolute atomic E-state index is 8.88. The minimum Gasteiger partial charge on any atom is -0.391 e. The molecule has 10 heavy (non-hydrogen) atoms. The summed E-state index contributed by atoms with van der Waals surface area (Å²) in [5.41, 5.74) is -0.500. The van der Waals surface area contributed by atoms with Crippen molar-refractivity contribution in [1.82, 2.24) is 0 Å². The van der Waals surface area contributed by atoms with Crippen LogP contribution in [0, 0.1) is 0 Å². The molecule has 5 nitrogen and oxygen atoms in total. The van der Waals surface area contributed by atoms with Crippen LogP contribution in [0.25, 0.3) is 0 Å². The van der Waals surface area contributed by atoms with E-state index in [1.165, 1.54) is 0 Å². The van der Waals surface area contributed by atoms with Crippen molar-refractivity contribution < 1.29 is 24.4 Å². The lowest BCUT2D eigenvalue weighted by molar-refractivity contribution is 0.102. The molecule has 0 fully saturated rings. The maximum Gasteiger partial charge on any atom is 0.466 e. The lowest BCUT2D eigenvalue weighted by Crippen LogP contribution is -2.10. The Kier molecular flexibility index (Phi) is 5.16. The molecule has 0 radical (unpaired) electrons. The average molecular weight is 172 g/mol. The monoisotopic (exact) mass is 172 g/mol. The largest absolute Gasteiger partial charge is 0.466 e. The van der Waals surface area contributed by atoms with Gasteiger partial charge in [0, 0.05) is 0 Å². The van der Waals surface area contributed by atoms with Crippen molar-refractivity contribution in [2.45, 2.75) is 26.4 Å². The molecule has 0 saturated carbocycles. The Labute approximate surface area is 59.6 Å². The zero-order chi connectivity index (χ0) is 9.00. The van der Waals surface area contributed by atoms with Crippen LogP contribution in [0.5, 0.6) is 0 Å². The molecule has 0 spiro atoms. The molecule has 0 aromatic heterocycles. The SMILES string of the molecule is CC(C)(C)O.O=P(O)(O)O. The zero-order valence-electron chi connectivity index (χ0n) is 6.14. The first-order chi connectivity index (χ1) is 4.00. The number of phosphoric acid groups is 1. The van der Waals surface area contributed by atoms with Gasteiger partial charge in [0.15, 0.2) is 0 Å². The standard InChI is InChI=1S/C4H10O.H3O4P/c1-4(2,3)5;1-5(2,3)4/h5H,1-3H3;(H3,1,2,3,4). The summed E-state index contributed by atoms with van der Waals surface area (Å²) in [5.74, 6) is 0. The van der Waals surface area contributed by atoms with Crippen LogP contribution in [0.3, 0.4) is 0 Å². The smallest absolute Gasteiger partial charge is 0.391 e. The van der Waals surface area contributed by atoms with Crippen LogP contribution in [0.1, 0.15) is 20.8 Å². The van der Waals surface area contributed by atoms with Gasteiger partial charge in [0.05, 0.1) is 5.60 Å². The van der Waals surface area contributed by atoms with Crippen LogP contribution in [0.15, 0.2) is 0 Å². The van der Waals surface area contributed by atoms with Crippen LogP contribution in [-0.4, -0.2) is 25.4 Å². The summed E-state index contributed by atoms with van der Waals surface area (Å²) in [6.07, 6.45) is 0. The summed E-state index contributed by atoms with van der Waals surface area (Å²) in [6, 6.07) is 0. The normalized spacial score (nSPS) is 11.9. The first-order valence-corrected chi connectivity index (χ1v) is 4.07. The van der Waals surface area contributed by atoms with E-state index in [0.717, 1.165) is 0 Å². The molecule has 6 heteroatoms. The summed E-state index contributed by atoms with van der Waals surface area (Å²) < 4.78 is 8.88. The second-order valence-electron chi connectivity index (χ2n) is 2.68. The number of aliphatic hydroxyl groups is 1. The highest BCUT2D eigenvalue weighted by molar-refractivity contribution is 7.45. The molecule has 4 N–H and O–H groups in total. The van der Waals surface area contributed by atoms with Gasteiger partial charge in [0.25, 0.3) is 0 Å². The average Bonchev–Trinajstić information content (AvgIpc) is 1.12. The van der Waals surface area contributed by atoms with Crippen molar-refractivity contribution in [1.29, 1.82) is 0 Å². The highest BCUT2D eigenvalue weighted by Crippen LogP contribution is 2.25. The lowest BCUT2D eigenvalue weighted by atomic mass is 10.2. The molecule has 0 saturated heterocycles. The summed E-state index contributed by atoms with van der Waals surface area (Å²) in [4.78, 5) is 21.6. The molecule has 0 heterocycles. The molecule has 0 aliphatic rings. The molecule has 0 bridgehead atoms. The van der Waals surface area contributed by atoms with Crippen molar-refractivity contribution in [2.24, 2.45) is 0 Å². The van der Waals surface area contributed by atoms with Crippen LogP contribution in [0.4, 0.5) is 0 Å². The third kappa shape index (κ3) is 82300. The second-order valence-corrected chi connectivity index (χ2v) is 3.71. The summed E-state index contributed by atoms with van der Waals surface area (Å²) >= 11 is 0. The molecule has 0 aliphatic carbocycles. The van der Waals surface area contributed by atoms with Gasteiger partial charge in [-0.15, -0.1) is 0 Å². The van der Waals surface area contributed by atoms with E-state index in [9.17, 15) is 0 Å². The van der Waals surface area contributed by atoms with Crippen molar-refractivity contribution in [3.05, 3.63) is 0 Å². The predicted molar refractivity (Wildman–Crippen MR) is 36.2 cm³/mol. The number of rotatable bonds is 0. The fourth-order valence-electron chi connectivity index (χ4n) is 0. The first kappa shape index (κ1) is 12.7. The Balaban J connectivity index is 0. The Morgan fingerprint density at radius 2 is 1.10 bits per heavy atom. The summed E-state index contributed by atoms with van der Waals surface area (Å²) in [7, 11) is -4.64. The van der Waals surface area contributed by atoms with Crippen LogP contribution >= 0.6 is 7.82 Å². The first-order valence-electron chi connectivity index (χ1n) is 2.51. The zero-order valence-corrected chi connectivity index (χ0v) is 7.04. The molecule has 0 atom stereocenters.